The second-order valence-electron chi connectivity index (χ2n) is 7.35. The lowest BCUT2D eigenvalue weighted by atomic mass is 9.91. The normalized spacial score (nSPS) is 27.5. The predicted molar refractivity (Wildman–Crippen MR) is 90.2 cm³/mol. The maximum absolute atomic E-state index is 12.6. The monoisotopic (exact) mass is 409 g/mol. The molecule has 2 aromatic heterocycles. The largest absolute Gasteiger partial charge is 0.519 e. The van der Waals surface area contributed by atoms with Gasteiger partial charge in [-0.05, 0) is 32.6 Å². The van der Waals surface area contributed by atoms with Crippen molar-refractivity contribution < 1.29 is 36.7 Å². The maximum Gasteiger partial charge on any atom is 0.519 e. The van der Waals surface area contributed by atoms with Gasteiger partial charge in [0, 0.05) is 5.92 Å². The quantitative estimate of drug-likeness (QED) is 0.661. The highest BCUT2D eigenvalue weighted by Crippen LogP contribution is 2.62. The number of rotatable bonds is 6. The fraction of sp³-hybridized carbons (Fsp3) is 0.556. The summed E-state index contributed by atoms with van der Waals surface area (Å²) in [7, 11) is 0. The SMILES string of the molecule is Cc1oc(=O)oc1COC(=O)[C@H]1C2CCC(N)(C(=O)OCc3oc(=O)oc3C)C21. The van der Waals surface area contributed by atoms with Gasteiger partial charge in [0.05, 0.1) is 5.92 Å². The van der Waals surface area contributed by atoms with Crippen LogP contribution < -0.4 is 17.4 Å². The number of nitrogens with two attached hydrogens (primary N) is 1. The summed E-state index contributed by atoms with van der Waals surface area (Å²) in [6, 6.07) is 0. The fourth-order valence-electron chi connectivity index (χ4n) is 4.08. The number of hydrogen-bond acceptors (Lipinski definition) is 11. The van der Waals surface area contributed by atoms with Crippen molar-refractivity contribution in [1.29, 1.82) is 0 Å². The Morgan fingerprint density at radius 2 is 1.55 bits per heavy atom. The summed E-state index contributed by atoms with van der Waals surface area (Å²) >= 11 is 0. The molecular weight excluding hydrogens is 390 g/mol. The molecule has 2 heterocycles. The molecule has 2 saturated carbocycles. The summed E-state index contributed by atoms with van der Waals surface area (Å²) in [6.45, 7) is 2.49. The van der Waals surface area contributed by atoms with E-state index in [1.807, 2.05) is 0 Å². The Kier molecular flexibility index (Phi) is 4.49. The highest BCUT2D eigenvalue weighted by atomic mass is 16.6. The van der Waals surface area contributed by atoms with E-state index in [2.05, 4.69) is 0 Å². The number of esters is 2. The summed E-state index contributed by atoms with van der Waals surface area (Å²) in [4.78, 5) is 47.1. The van der Waals surface area contributed by atoms with Crippen LogP contribution in [0.5, 0.6) is 0 Å². The molecule has 0 amide bonds. The molecular formula is C18H19NO10. The van der Waals surface area contributed by atoms with Gasteiger partial charge in [0.2, 0.25) is 0 Å². The van der Waals surface area contributed by atoms with E-state index in [9.17, 15) is 19.2 Å². The lowest BCUT2D eigenvalue weighted by Crippen LogP contribution is -2.50. The molecule has 2 N–H and O–H groups in total. The summed E-state index contributed by atoms with van der Waals surface area (Å²) in [6.07, 6.45) is 0.949. The van der Waals surface area contributed by atoms with Crippen LogP contribution in [0.1, 0.15) is 35.9 Å². The number of aryl methyl sites for hydroxylation is 2. The minimum absolute atomic E-state index is 0.0777. The highest BCUT2D eigenvalue weighted by molar-refractivity contribution is 5.86. The molecule has 4 rings (SSSR count). The second kappa shape index (κ2) is 6.76. The van der Waals surface area contributed by atoms with Crippen molar-refractivity contribution in [3.8, 4) is 0 Å². The minimum atomic E-state index is -1.33. The van der Waals surface area contributed by atoms with Crippen molar-refractivity contribution in [1.82, 2.24) is 0 Å². The first-order valence-electron chi connectivity index (χ1n) is 9.02. The van der Waals surface area contributed by atoms with Gasteiger partial charge >= 0.3 is 23.6 Å². The van der Waals surface area contributed by atoms with Gasteiger partial charge in [-0.2, -0.15) is 0 Å². The van der Waals surface area contributed by atoms with E-state index in [4.69, 9.17) is 32.9 Å². The average molecular weight is 409 g/mol. The van der Waals surface area contributed by atoms with E-state index >= 15 is 0 Å². The molecule has 11 nitrogen and oxygen atoms in total. The summed E-state index contributed by atoms with van der Waals surface area (Å²) in [5.41, 5.74) is 4.96. The van der Waals surface area contributed by atoms with Gasteiger partial charge in [-0.1, -0.05) is 0 Å². The molecule has 156 valence electrons. The van der Waals surface area contributed by atoms with Crippen molar-refractivity contribution in [3.63, 3.8) is 0 Å². The van der Waals surface area contributed by atoms with Gasteiger partial charge in [-0.3, -0.25) is 9.59 Å². The summed E-state index contributed by atoms with van der Waals surface area (Å²) in [5, 5.41) is 0. The summed E-state index contributed by atoms with van der Waals surface area (Å²) < 4.78 is 29.4. The fourth-order valence-corrected chi connectivity index (χ4v) is 4.08. The first-order chi connectivity index (χ1) is 13.7. The highest BCUT2D eigenvalue weighted by Gasteiger charge is 2.70. The predicted octanol–water partition coefficient (Wildman–Crippen LogP) is 0.536. The van der Waals surface area contributed by atoms with Crippen molar-refractivity contribution >= 4 is 11.9 Å². The van der Waals surface area contributed by atoms with Crippen LogP contribution in [0.25, 0.3) is 0 Å². The van der Waals surface area contributed by atoms with E-state index < -0.39 is 41.0 Å². The molecule has 0 saturated heterocycles. The van der Waals surface area contributed by atoms with Gasteiger partial charge < -0.3 is 32.9 Å². The van der Waals surface area contributed by atoms with Crippen LogP contribution >= 0.6 is 0 Å². The van der Waals surface area contributed by atoms with Crippen LogP contribution in [-0.2, 0) is 32.3 Å². The van der Waals surface area contributed by atoms with E-state index in [0.717, 1.165) is 0 Å². The average Bonchev–Trinajstić information content (AvgIpc) is 2.98. The maximum atomic E-state index is 12.6. The van der Waals surface area contributed by atoms with Crippen LogP contribution in [0.3, 0.4) is 0 Å². The number of fused-ring (bicyclic) bond motifs is 1. The molecule has 2 aliphatic carbocycles. The smallest absolute Gasteiger partial charge is 0.457 e. The molecule has 0 aliphatic heterocycles. The summed E-state index contributed by atoms with van der Waals surface area (Å²) in [5.74, 6) is -3.30. The van der Waals surface area contributed by atoms with Gasteiger partial charge in [-0.15, -0.1) is 0 Å². The molecule has 3 unspecified atom stereocenters. The molecule has 11 heteroatoms. The molecule has 29 heavy (non-hydrogen) atoms. The van der Waals surface area contributed by atoms with E-state index in [-0.39, 0.29) is 42.2 Å². The minimum Gasteiger partial charge on any atom is -0.457 e. The van der Waals surface area contributed by atoms with Crippen molar-refractivity contribution in [2.75, 3.05) is 0 Å². The van der Waals surface area contributed by atoms with Crippen molar-refractivity contribution in [2.24, 2.45) is 23.5 Å². The number of ether oxygens (including phenoxy) is 2. The van der Waals surface area contributed by atoms with Crippen molar-refractivity contribution in [2.45, 2.75) is 45.4 Å². The molecule has 2 aromatic rings. The van der Waals surface area contributed by atoms with Crippen LogP contribution in [0.4, 0.5) is 0 Å². The third-order valence-electron chi connectivity index (χ3n) is 5.66. The van der Waals surface area contributed by atoms with Crippen LogP contribution in [0.15, 0.2) is 27.3 Å². The Labute approximate surface area is 162 Å². The van der Waals surface area contributed by atoms with Crippen LogP contribution in [0, 0.1) is 31.6 Å². The van der Waals surface area contributed by atoms with Gasteiger partial charge in [0.1, 0.15) is 5.54 Å². The van der Waals surface area contributed by atoms with E-state index in [1.54, 1.807) is 0 Å². The Hall–Kier alpha value is -3.08. The Morgan fingerprint density at radius 3 is 2.07 bits per heavy atom. The number of carbonyl (C=O) groups is 2. The van der Waals surface area contributed by atoms with Gasteiger partial charge in [0.25, 0.3) is 0 Å². The zero-order chi connectivity index (χ0) is 20.9. The zero-order valence-electron chi connectivity index (χ0n) is 15.7. The molecule has 2 aliphatic rings. The first kappa shape index (κ1) is 19.2. The second-order valence-corrected chi connectivity index (χ2v) is 7.35. The lowest BCUT2D eigenvalue weighted by Gasteiger charge is -2.24. The molecule has 4 atom stereocenters. The third kappa shape index (κ3) is 3.31. The van der Waals surface area contributed by atoms with Crippen LogP contribution in [-0.4, -0.2) is 17.5 Å². The van der Waals surface area contributed by atoms with E-state index in [0.29, 0.717) is 12.8 Å². The molecule has 0 bridgehead atoms. The topological polar surface area (TPSA) is 165 Å². The zero-order valence-corrected chi connectivity index (χ0v) is 15.7. The molecule has 0 spiro atoms. The Bertz CT molecular complexity index is 1070. The van der Waals surface area contributed by atoms with Crippen LogP contribution in [0.2, 0.25) is 0 Å². The number of hydrogen-bond donors (Lipinski definition) is 1. The first-order valence-corrected chi connectivity index (χ1v) is 9.02. The molecule has 0 radical (unpaired) electrons. The Balaban J connectivity index is 1.36. The standard InChI is InChI=1S/C18H19NO10/c1-7-10(28-16(22)26-7)5-24-14(20)12-9-3-4-18(19,13(9)12)15(21)25-6-11-8(2)27-17(23)29-11/h9,12-13H,3-6,19H2,1-2H3/t9?,12-,13?,18?/m0/s1. The van der Waals surface area contributed by atoms with E-state index in [1.165, 1.54) is 13.8 Å². The molecule has 2 fully saturated rings. The van der Waals surface area contributed by atoms with Crippen molar-refractivity contribution in [3.05, 3.63) is 44.3 Å². The number of carbonyl (C=O) groups excluding carboxylic acids is 2. The van der Waals surface area contributed by atoms with Gasteiger partial charge in [0.15, 0.2) is 36.3 Å². The third-order valence-corrected chi connectivity index (χ3v) is 5.66. The lowest BCUT2D eigenvalue weighted by molar-refractivity contribution is -0.154. The van der Waals surface area contributed by atoms with Gasteiger partial charge in [-0.25, -0.2) is 9.59 Å². The Morgan fingerprint density at radius 1 is 1.00 bits per heavy atom. The molecule has 0 aromatic carbocycles.